The van der Waals surface area contributed by atoms with Gasteiger partial charge in [-0.3, -0.25) is 4.79 Å². The van der Waals surface area contributed by atoms with E-state index >= 15 is 0 Å². The zero-order valence-corrected chi connectivity index (χ0v) is 16.1. The standard InChI is InChI=1S/C20H16Cl2O5/c1-3-25-20(24)11(2)26-12-7-8-13-17(9-12)27-18(19(13)23)10-14-15(21)5-4-6-16(14)22/h4-11H,3H2,1-2H3/b18-10-. The number of rotatable bonds is 5. The third kappa shape index (κ3) is 4.10. The van der Waals surface area contributed by atoms with Crippen molar-refractivity contribution in [2.45, 2.75) is 20.0 Å². The molecule has 1 aliphatic heterocycles. The highest BCUT2D eigenvalue weighted by atomic mass is 35.5. The van der Waals surface area contributed by atoms with E-state index in [1.165, 1.54) is 6.08 Å². The Morgan fingerprint density at radius 2 is 1.93 bits per heavy atom. The van der Waals surface area contributed by atoms with Gasteiger partial charge in [-0.05, 0) is 44.2 Å². The van der Waals surface area contributed by atoms with E-state index < -0.39 is 12.1 Å². The molecule has 0 saturated carbocycles. The first-order valence-corrected chi connectivity index (χ1v) is 9.02. The summed E-state index contributed by atoms with van der Waals surface area (Å²) in [5, 5.41) is 0.823. The minimum absolute atomic E-state index is 0.107. The van der Waals surface area contributed by atoms with Crippen LogP contribution in [0.15, 0.2) is 42.2 Å². The van der Waals surface area contributed by atoms with Crippen LogP contribution in [0.4, 0.5) is 0 Å². The van der Waals surface area contributed by atoms with Crippen LogP contribution in [0.25, 0.3) is 6.08 Å². The molecule has 1 unspecified atom stereocenters. The van der Waals surface area contributed by atoms with Crippen LogP contribution in [0, 0.1) is 0 Å². The van der Waals surface area contributed by atoms with Crippen LogP contribution in [0.1, 0.15) is 29.8 Å². The summed E-state index contributed by atoms with van der Waals surface area (Å²) in [7, 11) is 0. The van der Waals surface area contributed by atoms with Gasteiger partial charge in [-0.1, -0.05) is 29.3 Å². The van der Waals surface area contributed by atoms with Crippen molar-refractivity contribution in [3.05, 3.63) is 63.3 Å². The Balaban J connectivity index is 1.83. The number of benzene rings is 2. The number of allylic oxidation sites excluding steroid dienone is 1. The third-order valence-electron chi connectivity index (χ3n) is 3.85. The first-order chi connectivity index (χ1) is 12.9. The number of ether oxygens (including phenoxy) is 3. The molecule has 0 saturated heterocycles. The summed E-state index contributed by atoms with van der Waals surface area (Å²) < 4.78 is 16.1. The summed E-state index contributed by atoms with van der Waals surface area (Å²) in [5.74, 6) is 0.0765. The van der Waals surface area contributed by atoms with E-state index in [9.17, 15) is 9.59 Å². The van der Waals surface area contributed by atoms with Crippen LogP contribution >= 0.6 is 23.2 Å². The van der Waals surface area contributed by atoms with E-state index in [1.807, 2.05) is 0 Å². The van der Waals surface area contributed by atoms with Crippen molar-refractivity contribution >= 4 is 41.0 Å². The zero-order valence-electron chi connectivity index (χ0n) is 14.6. The topological polar surface area (TPSA) is 61.8 Å². The normalized spacial score (nSPS) is 15.3. The molecule has 140 valence electrons. The zero-order chi connectivity index (χ0) is 19.6. The minimum atomic E-state index is -0.781. The molecule has 5 nitrogen and oxygen atoms in total. The van der Waals surface area contributed by atoms with E-state index in [2.05, 4.69) is 0 Å². The lowest BCUT2D eigenvalue weighted by atomic mass is 10.1. The molecule has 0 aromatic heterocycles. The summed E-state index contributed by atoms with van der Waals surface area (Å²) in [6.07, 6.45) is 0.728. The van der Waals surface area contributed by atoms with Crippen molar-refractivity contribution < 1.29 is 23.8 Å². The van der Waals surface area contributed by atoms with Crippen LogP contribution in [0.5, 0.6) is 11.5 Å². The molecular weight excluding hydrogens is 391 g/mol. The van der Waals surface area contributed by atoms with E-state index in [0.717, 1.165) is 0 Å². The Morgan fingerprint density at radius 3 is 2.59 bits per heavy atom. The molecule has 0 bridgehead atoms. The predicted octanol–water partition coefficient (Wildman–Crippen LogP) is 4.94. The Bertz CT molecular complexity index is 916. The van der Waals surface area contributed by atoms with Crippen LogP contribution in [-0.4, -0.2) is 24.5 Å². The van der Waals surface area contributed by atoms with Crippen LogP contribution < -0.4 is 9.47 Å². The average Bonchev–Trinajstić information content (AvgIpc) is 2.93. The van der Waals surface area contributed by atoms with Gasteiger partial charge in [0, 0.05) is 21.7 Å². The Morgan fingerprint density at radius 1 is 1.22 bits per heavy atom. The number of carbonyl (C=O) groups is 2. The second-order valence-corrected chi connectivity index (χ2v) is 6.56. The fourth-order valence-corrected chi connectivity index (χ4v) is 3.04. The number of carbonyl (C=O) groups excluding carboxylic acids is 2. The monoisotopic (exact) mass is 406 g/mol. The smallest absolute Gasteiger partial charge is 0.347 e. The highest BCUT2D eigenvalue weighted by Gasteiger charge is 2.29. The van der Waals surface area contributed by atoms with Gasteiger partial charge in [0.2, 0.25) is 5.78 Å². The van der Waals surface area contributed by atoms with Gasteiger partial charge in [0.15, 0.2) is 11.9 Å². The van der Waals surface area contributed by atoms with Crippen molar-refractivity contribution in [3.63, 3.8) is 0 Å². The van der Waals surface area contributed by atoms with E-state index in [-0.39, 0.29) is 18.1 Å². The Kier molecular flexibility index (Phi) is 5.73. The van der Waals surface area contributed by atoms with Gasteiger partial charge in [-0.15, -0.1) is 0 Å². The van der Waals surface area contributed by atoms with Crippen LogP contribution in [0.2, 0.25) is 10.0 Å². The van der Waals surface area contributed by atoms with E-state index in [1.54, 1.807) is 50.2 Å². The Hall–Kier alpha value is -2.50. The first kappa shape index (κ1) is 19.3. The molecule has 7 heteroatoms. The number of fused-ring (bicyclic) bond motifs is 1. The summed E-state index contributed by atoms with van der Waals surface area (Å²) >= 11 is 12.3. The Labute approximate surface area is 166 Å². The van der Waals surface area contributed by atoms with Gasteiger partial charge >= 0.3 is 5.97 Å². The quantitative estimate of drug-likeness (QED) is 0.519. The van der Waals surface area contributed by atoms with Gasteiger partial charge in [0.05, 0.1) is 12.2 Å². The molecular formula is C20H16Cl2O5. The molecule has 1 heterocycles. The fraction of sp³-hybridized carbons (Fsp3) is 0.200. The molecule has 0 amide bonds. The van der Waals surface area contributed by atoms with Crippen LogP contribution in [0.3, 0.4) is 0 Å². The lowest BCUT2D eigenvalue weighted by molar-refractivity contribution is -0.150. The number of Topliss-reactive ketones (excluding diaryl/α,β-unsaturated/α-hetero) is 1. The third-order valence-corrected chi connectivity index (χ3v) is 4.51. The lowest BCUT2D eigenvalue weighted by Crippen LogP contribution is -2.26. The maximum Gasteiger partial charge on any atom is 0.347 e. The maximum atomic E-state index is 12.6. The van der Waals surface area contributed by atoms with Crippen LogP contribution in [-0.2, 0) is 9.53 Å². The number of hydrogen-bond acceptors (Lipinski definition) is 5. The molecule has 1 aliphatic rings. The largest absolute Gasteiger partial charge is 0.479 e. The van der Waals surface area contributed by atoms with Gasteiger partial charge in [0.25, 0.3) is 0 Å². The molecule has 1 atom stereocenters. The van der Waals surface area contributed by atoms with Gasteiger partial charge in [0.1, 0.15) is 11.5 Å². The SMILES string of the molecule is CCOC(=O)C(C)Oc1ccc2c(c1)O/C(=C\c1c(Cl)cccc1Cl)C2=O. The molecule has 0 aliphatic carbocycles. The molecule has 2 aromatic rings. The number of halogens is 2. The van der Waals surface area contributed by atoms with Gasteiger partial charge in [-0.2, -0.15) is 0 Å². The number of hydrogen-bond donors (Lipinski definition) is 0. The molecule has 0 fully saturated rings. The predicted molar refractivity (Wildman–Crippen MR) is 103 cm³/mol. The van der Waals surface area contributed by atoms with Gasteiger partial charge < -0.3 is 14.2 Å². The molecule has 0 spiro atoms. The lowest BCUT2D eigenvalue weighted by Gasteiger charge is -2.13. The van der Waals surface area contributed by atoms with E-state index in [0.29, 0.717) is 32.7 Å². The first-order valence-electron chi connectivity index (χ1n) is 8.26. The maximum absolute atomic E-state index is 12.6. The number of esters is 1. The summed E-state index contributed by atoms with van der Waals surface area (Å²) in [6.45, 7) is 3.58. The van der Waals surface area contributed by atoms with Crippen molar-refractivity contribution in [3.8, 4) is 11.5 Å². The summed E-state index contributed by atoms with van der Waals surface area (Å²) in [4.78, 5) is 24.2. The van der Waals surface area contributed by atoms with E-state index in [4.69, 9.17) is 37.4 Å². The molecule has 2 aromatic carbocycles. The van der Waals surface area contributed by atoms with Crippen molar-refractivity contribution in [2.75, 3.05) is 6.61 Å². The average molecular weight is 407 g/mol. The summed E-state index contributed by atoms with van der Waals surface area (Å²) in [6, 6.07) is 9.80. The highest BCUT2D eigenvalue weighted by molar-refractivity contribution is 6.37. The van der Waals surface area contributed by atoms with Crippen molar-refractivity contribution in [2.24, 2.45) is 0 Å². The number of ketones is 1. The fourth-order valence-electron chi connectivity index (χ4n) is 2.53. The second kappa shape index (κ2) is 8.03. The summed E-state index contributed by atoms with van der Waals surface area (Å²) in [5.41, 5.74) is 0.893. The molecule has 0 N–H and O–H groups in total. The molecule has 3 rings (SSSR count). The molecule has 0 radical (unpaired) electrons. The second-order valence-electron chi connectivity index (χ2n) is 5.75. The molecule has 27 heavy (non-hydrogen) atoms. The minimum Gasteiger partial charge on any atom is -0.479 e. The highest BCUT2D eigenvalue weighted by Crippen LogP contribution is 2.36. The van der Waals surface area contributed by atoms with Crippen molar-refractivity contribution in [1.82, 2.24) is 0 Å². The van der Waals surface area contributed by atoms with Crippen molar-refractivity contribution in [1.29, 1.82) is 0 Å². The van der Waals surface area contributed by atoms with Gasteiger partial charge in [-0.25, -0.2) is 4.79 Å².